The third-order valence-corrected chi connectivity index (χ3v) is 6.69. The van der Waals surface area contributed by atoms with Crippen molar-refractivity contribution in [3.63, 3.8) is 0 Å². The molecule has 0 saturated carbocycles. The number of rotatable bonds is 12. The van der Waals surface area contributed by atoms with Crippen LogP contribution in [0.2, 0.25) is 0 Å². The van der Waals surface area contributed by atoms with Crippen LogP contribution in [0.3, 0.4) is 0 Å². The van der Waals surface area contributed by atoms with E-state index < -0.39 is 20.8 Å². The summed E-state index contributed by atoms with van der Waals surface area (Å²) in [4.78, 5) is 5.33. The van der Waals surface area contributed by atoms with Crippen LogP contribution in [0, 0.1) is 0 Å². The summed E-state index contributed by atoms with van der Waals surface area (Å²) in [7, 11) is 2.05. The molecular weight excluding hydrogens is 488 g/mol. The van der Waals surface area contributed by atoms with Crippen molar-refractivity contribution in [2.75, 3.05) is 108 Å². The molecule has 1 saturated heterocycles. The molecule has 0 aromatic rings. The van der Waals surface area contributed by atoms with E-state index in [0.717, 1.165) is 18.7 Å². The summed E-state index contributed by atoms with van der Waals surface area (Å²) in [6.45, 7) is 17.4. The molecule has 1 rings (SSSR count). The van der Waals surface area contributed by atoms with Crippen LogP contribution in [-0.2, 0) is 29.2 Å². The maximum atomic E-state index is 9.22. The largest absolute Gasteiger partial charge is 0.726 e. The molecule has 0 aromatic heterocycles. The Balaban J connectivity index is 0. The Morgan fingerprint density at radius 2 is 1.00 bits per heavy atom. The predicted molar refractivity (Wildman–Crippen MR) is 131 cm³/mol. The lowest BCUT2D eigenvalue weighted by molar-refractivity contribution is -0.906. The third kappa shape index (κ3) is 23.3. The zero-order valence-corrected chi connectivity index (χ0v) is 24.0. The molecule has 1 aliphatic rings. The van der Waals surface area contributed by atoms with Crippen LogP contribution in [-0.4, -0.2) is 153 Å². The van der Waals surface area contributed by atoms with E-state index in [1.807, 2.05) is 0 Å². The number of piperazine rings is 1. The second-order valence-corrected chi connectivity index (χ2v) is 11.8. The molecule has 208 valence electrons. The molecule has 0 atom stereocenters. The number of hydrogen-bond donors (Lipinski definition) is 0. The zero-order chi connectivity index (χ0) is 27.1. The predicted octanol–water partition coefficient (Wildman–Crippen LogP) is -0.237. The summed E-state index contributed by atoms with van der Waals surface area (Å²) >= 11 is 0. The summed E-state index contributed by atoms with van der Waals surface area (Å²) in [6, 6.07) is 0. The Kier molecular flexibility index (Phi) is 18.0. The maximum absolute atomic E-state index is 9.22. The molecule has 0 amide bonds. The molecule has 1 heterocycles. The Labute approximate surface area is 208 Å². The highest BCUT2D eigenvalue weighted by atomic mass is 32.3. The summed E-state index contributed by atoms with van der Waals surface area (Å²) in [5.74, 6) is 0. The van der Waals surface area contributed by atoms with E-state index in [1.54, 1.807) is 0 Å². The standard InChI is InChI=1S/C18H42N4.2CH4O4S/c1-7-22(6,8-2)18-10-12-20-15-13-19(14-16-20)11-9-17-21(3,4)5;2*1-5-6(2,3)4/h7-18H2,1-6H3;2*1H3,(H,2,3,4)/q+2;;/p-2. The molecule has 1 aliphatic heterocycles. The fourth-order valence-corrected chi connectivity index (χ4v) is 3.22. The highest BCUT2D eigenvalue weighted by Crippen LogP contribution is 2.07. The van der Waals surface area contributed by atoms with Crippen molar-refractivity contribution >= 4 is 20.8 Å². The minimum atomic E-state index is -4.41. The van der Waals surface area contributed by atoms with Gasteiger partial charge >= 0.3 is 0 Å². The Morgan fingerprint density at radius 1 is 0.706 bits per heavy atom. The molecular formula is C20H48N4O8S2. The maximum Gasteiger partial charge on any atom is 0.217 e. The van der Waals surface area contributed by atoms with Gasteiger partial charge in [0.15, 0.2) is 0 Å². The lowest BCUT2D eigenvalue weighted by atomic mass is 10.2. The van der Waals surface area contributed by atoms with Gasteiger partial charge < -0.3 is 27.9 Å². The number of quaternary nitrogens is 2. The quantitative estimate of drug-likeness (QED) is 0.186. The van der Waals surface area contributed by atoms with Crippen LogP contribution < -0.4 is 0 Å². The SMILES string of the molecule is CC[N+](C)(CC)CCCN1CCN(CCC[N+](C)(C)C)CC1.COS(=O)(=O)[O-].COS(=O)(=O)[O-]. The van der Waals surface area contributed by atoms with Gasteiger partial charge in [0.1, 0.15) is 0 Å². The first-order valence-corrected chi connectivity index (χ1v) is 14.2. The van der Waals surface area contributed by atoms with Gasteiger partial charge in [-0.05, 0) is 13.8 Å². The normalized spacial score (nSPS) is 16.3. The first kappa shape index (κ1) is 35.7. The van der Waals surface area contributed by atoms with Crippen LogP contribution in [0.1, 0.15) is 26.7 Å². The first-order valence-electron chi connectivity index (χ1n) is 11.5. The van der Waals surface area contributed by atoms with Gasteiger partial charge in [-0.15, -0.1) is 0 Å². The van der Waals surface area contributed by atoms with Crippen LogP contribution in [0.15, 0.2) is 0 Å². The molecule has 12 nitrogen and oxygen atoms in total. The average molecular weight is 537 g/mol. The monoisotopic (exact) mass is 536 g/mol. The van der Waals surface area contributed by atoms with Gasteiger partial charge in [0.05, 0.1) is 68.6 Å². The van der Waals surface area contributed by atoms with Crippen LogP contribution >= 0.6 is 0 Å². The van der Waals surface area contributed by atoms with Crippen molar-refractivity contribution in [3.05, 3.63) is 0 Å². The van der Waals surface area contributed by atoms with Crippen LogP contribution in [0.25, 0.3) is 0 Å². The van der Waals surface area contributed by atoms with Gasteiger partial charge in [-0.1, -0.05) is 0 Å². The van der Waals surface area contributed by atoms with Crippen molar-refractivity contribution in [2.24, 2.45) is 0 Å². The second-order valence-electron chi connectivity index (χ2n) is 9.53. The van der Waals surface area contributed by atoms with Gasteiger partial charge in [0.2, 0.25) is 20.8 Å². The summed E-state index contributed by atoms with van der Waals surface area (Å²) in [5, 5.41) is 0. The van der Waals surface area contributed by atoms with Gasteiger partial charge in [-0.3, -0.25) is 8.37 Å². The second kappa shape index (κ2) is 17.1. The number of hydrogen-bond acceptors (Lipinski definition) is 10. The summed E-state index contributed by atoms with van der Waals surface area (Å²) < 4.78 is 64.4. The van der Waals surface area contributed by atoms with Crippen LogP contribution in [0.5, 0.6) is 0 Å². The zero-order valence-electron chi connectivity index (χ0n) is 22.4. The Bertz CT molecular complexity index is 683. The van der Waals surface area contributed by atoms with Gasteiger partial charge in [-0.2, -0.15) is 0 Å². The minimum absolute atomic E-state index is 0.808. The molecule has 0 bridgehead atoms. The van der Waals surface area contributed by atoms with E-state index in [-0.39, 0.29) is 0 Å². The molecule has 0 N–H and O–H groups in total. The summed E-state index contributed by atoms with van der Waals surface area (Å²) in [5.41, 5.74) is 0. The van der Waals surface area contributed by atoms with E-state index in [1.165, 1.54) is 82.8 Å². The van der Waals surface area contributed by atoms with Crippen molar-refractivity contribution in [3.8, 4) is 0 Å². The van der Waals surface area contributed by atoms with Crippen molar-refractivity contribution < 1.29 is 43.3 Å². The third-order valence-electron chi connectivity index (χ3n) is 5.88. The molecule has 0 spiro atoms. The first-order chi connectivity index (χ1) is 15.4. The van der Waals surface area contributed by atoms with E-state index in [0.29, 0.717) is 0 Å². The minimum Gasteiger partial charge on any atom is -0.726 e. The van der Waals surface area contributed by atoms with Crippen LogP contribution in [0.4, 0.5) is 0 Å². The molecule has 14 heteroatoms. The molecule has 34 heavy (non-hydrogen) atoms. The van der Waals surface area contributed by atoms with E-state index >= 15 is 0 Å². The average Bonchev–Trinajstić information content (AvgIpc) is 2.73. The van der Waals surface area contributed by atoms with Gasteiger partial charge in [0.25, 0.3) is 0 Å². The van der Waals surface area contributed by atoms with E-state index in [2.05, 4.69) is 60.2 Å². The van der Waals surface area contributed by atoms with E-state index in [4.69, 9.17) is 0 Å². The highest BCUT2D eigenvalue weighted by Gasteiger charge is 2.20. The highest BCUT2D eigenvalue weighted by molar-refractivity contribution is 7.81. The van der Waals surface area contributed by atoms with Crippen molar-refractivity contribution in [1.29, 1.82) is 0 Å². The molecule has 0 radical (unpaired) electrons. The topological polar surface area (TPSA) is 139 Å². The molecule has 1 fully saturated rings. The van der Waals surface area contributed by atoms with Gasteiger partial charge in [-0.25, -0.2) is 16.8 Å². The molecule has 0 unspecified atom stereocenters. The molecule has 0 aliphatic carbocycles. The lowest BCUT2D eigenvalue weighted by Gasteiger charge is -2.36. The van der Waals surface area contributed by atoms with Crippen molar-refractivity contribution in [2.45, 2.75) is 26.7 Å². The Morgan fingerprint density at radius 3 is 1.24 bits per heavy atom. The fraction of sp³-hybridized carbons (Fsp3) is 1.00. The fourth-order valence-electron chi connectivity index (χ4n) is 3.22. The van der Waals surface area contributed by atoms with Gasteiger partial charge in [0, 0.05) is 52.1 Å². The number of nitrogens with zero attached hydrogens (tertiary/aromatic N) is 4. The van der Waals surface area contributed by atoms with Crippen molar-refractivity contribution in [1.82, 2.24) is 9.80 Å². The van der Waals surface area contributed by atoms with E-state index in [9.17, 15) is 25.9 Å². The summed E-state index contributed by atoms with van der Waals surface area (Å²) in [6.07, 6.45) is 2.67. The molecule has 0 aromatic carbocycles. The lowest BCUT2D eigenvalue weighted by Crippen LogP contribution is -2.49. The smallest absolute Gasteiger partial charge is 0.217 e. The Hall–Kier alpha value is -0.420.